The minimum absolute atomic E-state index is 0.243. The third kappa shape index (κ3) is 6.68. The molecular formula is C22H27ClN2O4. The number of benzene rings is 2. The predicted molar refractivity (Wildman–Crippen MR) is 113 cm³/mol. The summed E-state index contributed by atoms with van der Waals surface area (Å²) in [4.78, 5) is 24.0. The number of carbonyl (C=O) groups excluding carboxylic acids is 2. The fourth-order valence-electron chi connectivity index (χ4n) is 2.60. The van der Waals surface area contributed by atoms with E-state index in [1.165, 1.54) is 5.56 Å². The monoisotopic (exact) mass is 418 g/mol. The van der Waals surface area contributed by atoms with E-state index in [2.05, 4.69) is 24.7 Å². The van der Waals surface area contributed by atoms with Crippen molar-refractivity contribution in [1.82, 2.24) is 10.9 Å². The van der Waals surface area contributed by atoms with Gasteiger partial charge in [-0.25, -0.2) is 0 Å². The molecule has 0 aliphatic carbocycles. The van der Waals surface area contributed by atoms with Crippen molar-refractivity contribution in [3.8, 4) is 11.5 Å². The van der Waals surface area contributed by atoms with Gasteiger partial charge >= 0.3 is 0 Å². The summed E-state index contributed by atoms with van der Waals surface area (Å²) in [5.41, 5.74) is 7.57. The first-order valence-corrected chi connectivity index (χ1v) is 9.80. The molecule has 2 aromatic rings. The first kappa shape index (κ1) is 22.6. The first-order chi connectivity index (χ1) is 13.7. The normalized spacial score (nSPS) is 11.7. The van der Waals surface area contributed by atoms with Crippen molar-refractivity contribution in [2.45, 2.75) is 46.6 Å². The van der Waals surface area contributed by atoms with E-state index in [0.717, 1.165) is 11.1 Å². The van der Waals surface area contributed by atoms with Crippen LogP contribution in [0.4, 0.5) is 0 Å². The van der Waals surface area contributed by atoms with Crippen molar-refractivity contribution in [2.24, 2.45) is 0 Å². The van der Waals surface area contributed by atoms with Gasteiger partial charge in [0.15, 0.2) is 12.7 Å². The van der Waals surface area contributed by atoms with Gasteiger partial charge in [-0.2, -0.15) is 0 Å². The fourth-order valence-corrected chi connectivity index (χ4v) is 2.71. The maximum atomic E-state index is 12.1. The number of rotatable bonds is 7. The van der Waals surface area contributed by atoms with Gasteiger partial charge in [0.25, 0.3) is 11.8 Å². The number of amides is 2. The van der Waals surface area contributed by atoms with E-state index in [9.17, 15) is 9.59 Å². The van der Waals surface area contributed by atoms with Crippen LogP contribution >= 0.6 is 11.6 Å². The molecule has 156 valence electrons. The summed E-state index contributed by atoms with van der Waals surface area (Å²) in [7, 11) is 0. The minimum Gasteiger partial charge on any atom is -0.484 e. The summed E-state index contributed by atoms with van der Waals surface area (Å²) in [6, 6.07) is 11.1. The average molecular weight is 419 g/mol. The fraction of sp³-hybridized carbons (Fsp3) is 0.364. The molecule has 0 aliphatic heterocycles. The van der Waals surface area contributed by atoms with Gasteiger partial charge in [0.2, 0.25) is 0 Å². The SMILES string of the molecule is Cc1cc(OCC(=O)NNC(=O)[C@@H](C)Oc2ccc(C(C)C)cc2)cc(C)c1Cl. The van der Waals surface area contributed by atoms with Crippen LogP contribution in [0.25, 0.3) is 0 Å². The van der Waals surface area contributed by atoms with Gasteiger partial charge in [-0.05, 0) is 67.6 Å². The van der Waals surface area contributed by atoms with Crippen LogP contribution in [0, 0.1) is 13.8 Å². The third-order valence-corrected chi connectivity index (χ3v) is 4.93. The van der Waals surface area contributed by atoms with Crippen LogP contribution in [0.5, 0.6) is 11.5 Å². The highest BCUT2D eigenvalue weighted by molar-refractivity contribution is 6.32. The van der Waals surface area contributed by atoms with Gasteiger partial charge in [0.1, 0.15) is 11.5 Å². The van der Waals surface area contributed by atoms with Gasteiger partial charge in [-0.15, -0.1) is 0 Å². The highest BCUT2D eigenvalue weighted by Gasteiger charge is 2.16. The Hall–Kier alpha value is -2.73. The van der Waals surface area contributed by atoms with Gasteiger partial charge in [0.05, 0.1) is 0 Å². The first-order valence-electron chi connectivity index (χ1n) is 9.42. The Morgan fingerprint density at radius 2 is 1.55 bits per heavy atom. The zero-order valence-corrected chi connectivity index (χ0v) is 18.1. The number of aryl methyl sites for hydroxylation is 2. The van der Waals surface area contributed by atoms with E-state index >= 15 is 0 Å². The number of nitrogens with one attached hydrogen (secondary N) is 2. The van der Waals surface area contributed by atoms with E-state index in [0.29, 0.717) is 22.4 Å². The lowest BCUT2D eigenvalue weighted by Gasteiger charge is -2.16. The van der Waals surface area contributed by atoms with Crippen LogP contribution in [-0.2, 0) is 9.59 Å². The molecule has 0 spiro atoms. The summed E-state index contributed by atoms with van der Waals surface area (Å²) in [5, 5.41) is 0.668. The largest absolute Gasteiger partial charge is 0.484 e. The second kappa shape index (κ2) is 10.2. The molecule has 6 nitrogen and oxygen atoms in total. The van der Waals surface area contributed by atoms with Crippen LogP contribution in [0.2, 0.25) is 5.02 Å². The van der Waals surface area contributed by atoms with Crippen molar-refractivity contribution in [1.29, 1.82) is 0 Å². The molecule has 2 rings (SSSR count). The van der Waals surface area contributed by atoms with Gasteiger partial charge in [-0.3, -0.25) is 20.4 Å². The molecule has 0 saturated carbocycles. The van der Waals surface area contributed by atoms with Crippen molar-refractivity contribution < 1.29 is 19.1 Å². The van der Waals surface area contributed by atoms with E-state index < -0.39 is 17.9 Å². The number of carbonyl (C=O) groups is 2. The van der Waals surface area contributed by atoms with Gasteiger partial charge in [0, 0.05) is 5.02 Å². The molecule has 0 saturated heterocycles. The minimum atomic E-state index is -0.775. The van der Waals surface area contributed by atoms with Gasteiger partial charge in [-0.1, -0.05) is 37.6 Å². The molecule has 0 radical (unpaired) electrons. The third-order valence-electron chi connectivity index (χ3n) is 4.33. The second-order valence-corrected chi connectivity index (χ2v) is 7.56. The summed E-state index contributed by atoms with van der Waals surface area (Å²) < 4.78 is 11.1. The van der Waals surface area contributed by atoms with E-state index in [1.54, 1.807) is 19.1 Å². The topological polar surface area (TPSA) is 76.7 Å². The summed E-state index contributed by atoms with van der Waals surface area (Å²) in [6.45, 7) is 9.29. The highest BCUT2D eigenvalue weighted by atomic mass is 35.5. The van der Waals surface area contributed by atoms with Crippen molar-refractivity contribution in [3.63, 3.8) is 0 Å². The Balaban J connectivity index is 1.78. The number of hydrazine groups is 1. The molecule has 2 N–H and O–H groups in total. The maximum Gasteiger partial charge on any atom is 0.279 e. The smallest absolute Gasteiger partial charge is 0.279 e. The number of ether oxygens (including phenoxy) is 2. The van der Waals surface area contributed by atoms with Crippen molar-refractivity contribution in [2.75, 3.05) is 6.61 Å². The van der Waals surface area contributed by atoms with Crippen LogP contribution in [0.1, 0.15) is 43.4 Å². The number of hydrogen-bond acceptors (Lipinski definition) is 4. The van der Waals surface area contributed by atoms with Crippen LogP contribution < -0.4 is 20.3 Å². The molecule has 0 bridgehead atoms. The zero-order chi connectivity index (χ0) is 21.6. The van der Waals surface area contributed by atoms with E-state index in [4.69, 9.17) is 21.1 Å². The summed E-state index contributed by atoms with van der Waals surface area (Å²) >= 11 is 6.11. The van der Waals surface area contributed by atoms with Crippen LogP contribution in [-0.4, -0.2) is 24.5 Å². The molecule has 0 aromatic heterocycles. The molecular weight excluding hydrogens is 392 g/mol. The summed E-state index contributed by atoms with van der Waals surface area (Å²) in [6.07, 6.45) is -0.775. The highest BCUT2D eigenvalue weighted by Crippen LogP contribution is 2.25. The molecule has 1 atom stereocenters. The molecule has 29 heavy (non-hydrogen) atoms. The lowest BCUT2D eigenvalue weighted by Crippen LogP contribution is -2.48. The molecule has 7 heteroatoms. The average Bonchev–Trinajstić information content (AvgIpc) is 2.68. The molecule has 0 unspecified atom stereocenters. The number of halogens is 1. The molecule has 2 aromatic carbocycles. The summed E-state index contributed by atoms with van der Waals surface area (Å²) in [5.74, 6) is 0.581. The second-order valence-electron chi connectivity index (χ2n) is 7.18. The molecule has 0 heterocycles. The van der Waals surface area contributed by atoms with Crippen LogP contribution in [0.3, 0.4) is 0 Å². The Morgan fingerprint density at radius 1 is 0.966 bits per heavy atom. The quantitative estimate of drug-likeness (QED) is 0.664. The zero-order valence-electron chi connectivity index (χ0n) is 17.3. The van der Waals surface area contributed by atoms with Crippen molar-refractivity contribution >= 4 is 23.4 Å². The van der Waals surface area contributed by atoms with Crippen LogP contribution in [0.15, 0.2) is 36.4 Å². The Bertz CT molecular complexity index is 843. The maximum absolute atomic E-state index is 12.1. The Kier molecular flexibility index (Phi) is 7.91. The lowest BCUT2D eigenvalue weighted by atomic mass is 10.0. The van der Waals surface area contributed by atoms with Gasteiger partial charge < -0.3 is 9.47 Å². The van der Waals surface area contributed by atoms with E-state index in [1.807, 2.05) is 38.1 Å². The predicted octanol–water partition coefficient (Wildman–Crippen LogP) is 4.07. The Labute approximate surface area is 176 Å². The van der Waals surface area contributed by atoms with E-state index in [-0.39, 0.29) is 6.61 Å². The van der Waals surface area contributed by atoms with Crippen molar-refractivity contribution in [3.05, 3.63) is 58.1 Å². The molecule has 2 amide bonds. The Morgan fingerprint density at radius 3 is 2.10 bits per heavy atom. The lowest BCUT2D eigenvalue weighted by molar-refractivity contribution is -0.133. The number of hydrogen-bond donors (Lipinski definition) is 2. The molecule has 0 fully saturated rings. The molecule has 0 aliphatic rings. The standard InChI is InChI=1S/C22H27ClN2O4/c1-13(2)17-6-8-18(9-7-17)29-16(5)22(27)25-24-20(26)12-28-19-10-14(3)21(23)15(4)11-19/h6-11,13,16H,12H2,1-5H3,(H,24,26)(H,25,27)/t16-/m1/s1.